The van der Waals surface area contributed by atoms with Crippen molar-refractivity contribution in [3.8, 4) is 0 Å². The lowest BCUT2D eigenvalue weighted by molar-refractivity contribution is -0.157. The SMILES string of the molecule is CCOC(=O)CCC1(C(C)C(=O)OCC)CCC1. The van der Waals surface area contributed by atoms with Crippen LogP contribution in [-0.4, -0.2) is 25.2 Å². The number of hydrogen-bond donors (Lipinski definition) is 0. The molecule has 1 atom stereocenters. The first-order valence-corrected chi connectivity index (χ1v) is 6.88. The molecule has 104 valence electrons. The van der Waals surface area contributed by atoms with Crippen LogP contribution in [0.3, 0.4) is 0 Å². The second-order valence-electron chi connectivity index (χ2n) is 4.99. The van der Waals surface area contributed by atoms with Gasteiger partial charge >= 0.3 is 11.9 Å². The van der Waals surface area contributed by atoms with E-state index in [9.17, 15) is 9.59 Å². The molecule has 1 aliphatic rings. The molecule has 1 aliphatic carbocycles. The Hall–Kier alpha value is -1.06. The summed E-state index contributed by atoms with van der Waals surface area (Å²) in [4.78, 5) is 23.2. The topological polar surface area (TPSA) is 52.6 Å². The van der Waals surface area contributed by atoms with Gasteiger partial charge in [0.1, 0.15) is 0 Å². The maximum absolute atomic E-state index is 11.8. The molecule has 0 amide bonds. The highest BCUT2D eigenvalue weighted by atomic mass is 16.5. The van der Waals surface area contributed by atoms with E-state index in [4.69, 9.17) is 9.47 Å². The zero-order valence-electron chi connectivity index (χ0n) is 11.7. The molecule has 0 spiro atoms. The molecule has 0 aromatic rings. The molecule has 0 N–H and O–H groups in total. The van der Waals surface area contributed by atoms with Gasteiger partial charge < -0.3 is 9.47 Å². The number of hydrogen-bond acceptors (Lipinski definition) is 4. The molecule has 0 aliphatic heterocycles. The summed E-state index contributed by atoms with van der Waals surface area (Å²) >= 11 is 0. The molecule has 0 bridgehead atoms. The molecule has 18 heavy (non-hydrogen) atoms. The summed E-state index contributed by atoms with van der Waals surface area (Å²) in [6.45, 7) is 6.37. The quantitative estimate of drug-likeness (QED) is 0.657. The standard InChI is InChI=1S/C14H24O4/c1-4-17-12(15)7-10-14(8-6-9-14)11(3)13(16)18-5-2/h11H,4-10H2,1-3H3. The molecule has 0 saturated heterocycles. The van der Waals surface area contributed by atoms with Gasteiger partial charge in [-0.1, -0.05) is 13.3 Å². The predicted octanol–water partition coefficient (Wildman–Crippen LogP) is 2.70. The van der Waals surface area contributed by atoms with Gasteiger partial charge in [-0.15, -0.1) is 0 Å². The second kappa shape index (κ2) is 6.76. The molecule has 1 fully saturated rings. The van der Waals surface area contributed by atoms with E-state index in [1.165, 1.54) is 0 Å². The van der Waals surface area contributed by atoms with Gasteiger partial charge in [0.15, 0.2) is 0 Å². The minimum Gasteiger partial charge on any atom is -0.466 e. The maximum Gasteiger partial charge on any atom is 0.309 e. The second-order valence-corrected chi connectivity index (χ2v) is 4.99. The summed E-state index contributed by atoms with van der Waals surface area (Å²) in [6.07, 6.45) is 4.27. The average molecular weight is 256 g/mol. The van der Waals surface area contributed by atoms with Gasteiger partial charge in [-0.2, -0.15) is 0 Å². The average Bonchev–Trinajstić information content (AvgIpc) is 2.28. The van der Waals surface area contributed by atoms with Gasteiger partial charge in [0, 0.05) is 6.42 Å². The Kier molecular flexibility index (Phi) is 5.63. The Morgan fingerprint density at radius 2 is 1.78 bits per heavy atom. The molecule has 0 aromatic heterocycles. The Morgan fingerprint density at radius 3 is 2.22 bits per heavy atom. The van der Waals surface area contributed by atoms with E-state index < -0.39 is 0 Å². The largest absolute Gasteiger partial charge is 0.466 e. The molecule has 0 heterocycles. The Labute approximate surface area is 109 Å². The lowest BCUT2D eigenvalue weighted by Crippen LogP contribution is -2.41. The highest BCUT2D eigenvalue weighted by molar-refractivity contribution is 5.74. The van der Waals surface area contributed by atoms with Crippen LogP contribution in [0.4, 0.5) is 0 Å². The Balaban J connectivity index is 2.51. The van der Waals surface area contributed by atoms with Gasteiger partial charge in [0.2, 0.25) is 0 Å². The van der Waals surface area contributed by atoms with E-state index in [0.717, 1.165) is 25.7 Å². The molecule has 1 unspecified atom stereocenters. The summed E-state index contributed by atoms with van der Waals surface area (Å²) < 4.78 is 10.0. The van der Waals surface area contributed by atoms with Crippen LogP contribution in [0, 0.1) is 11.3 Å². The molecule has 1 rings (SSSR count). The van der Waals surface area contributed by atoms with Crippen molar-refractivity contribution in [3.63, 3.8) is 0 Å². The van der Waals surface area contributed by atoms with Crippen LogP contribution in [0.5, 0.6) is 0 Å². The third kappa shape index (κ3) is 3.47. The number of carbonyl (C=O) groups excluding carboxylic acids is 2. The van der Waals surface area contributed by atoms with Crippen molar-refractivity contribution < 1.29 is 19.1 Å². The summed E-state index contributed by atoms with van der Waals surface area (Å²) in [6, 6.07) is 0. The fraction of sp³-hybridized carbons (Fsp3) is 0.857. The zero-order valence-corrected chi connectivity index (χ0v) is 11.7. The summed E-state index contributed by atoms with van der Waals surface area (Å²) in [5.74, 6) is -0.429. The van der Waals surface area contributed by atoms with Crippen LogP contribution in [0.1, 0.15) is 52.9 Å². The van der Waals surface area contributed by atoms with E-state index in [0.29, 0.717) is 19.6 Å². The minimum absolute atomic E-state index is 0.0426. The molecule has 4 nitrogen and oxygen atoms in total. The van der Waals surface area contributed by atoms with Gasteiger partial charge in [-0.3, -0.25) is 9.59 Å². The van der Waals surface area contributed by atoms with E-state index >= 15 is 0 Å². The van der Waals surface area contributed by atoms with E-state index in [-0.39, 0.29) is 23.3 Å². The molecular weight excluding hydrogens is 232 g/mol. The van der Waals surface area contributed by atoms with E-state index in [1.807, 2.05) is 13.8 Å². The van der Waals surface area contributed by atoms with Crippen molar-refractivity contribution in [2.24, 2.45) is 11.3 Å². The number of ether oxygens (including phenoxy) is 2. The van der Waals surface area contributed by atoms with E-state index in [1.54, 1.807) is 6.92 Å². The van der Waals surface area contributed by atoms with Gasteiger partial charge in [-0.25, -0.2) is 0 Å². The minimum atomic E-state index is -0.167. The molecule has 4 heteroatoms. The first kappa shape index (κ1) is 15.0. The van der Waals surface area contributed by atoms with Crippen LogP contribution in [0.15, 0.2) is 0 Å². The van der Waals surface area contributed by atoms with Crippen LogP contribution < -0.4 is 0 Å². The summed E-state index contributed by atoms with van der Waals surface area (Å²) in [5.41, 5.74) is -0.0426. The lowest BCUT2D eigenvalue weighted by Gasteiger charge is -2.45. The molecular formula is C14H24O4. The monoisotopic (exact) mass is 256 g/mol. The number of rotatable bonds is 7. The van der Waals surface area contributed by atoms with Crippen LogP contribution in [0.25, 0.3) is 0 Å². The fourth-order valence-corrected chi connectivity index (χ4v) is 2.63. The third-order valence-corrected chi connectivity index (χ3v) is 4.04. The number of esters is 2. The van der Waals surface area contributed by atoms with Crippen LogP contribution in [0.2, 0.25) is 0 Å². The predicted molar refractivity (Wildman–Crippen MR) is 67.9 cm³/mol. The zero-order chi connectivity index (χ0) is 13.6. The molecule has 0 radical (unpaired) electrons. The highest BCUT2D eigenvalue weighted by Crippen LogP contribution is 2.51. The molecule has 1 saturated carbocycles. The van der Waals surface area contributed by atoms with Gasteiger partial charge in [-0.05, 0) is 38.5 Å². The van der Waals surface area contributed by atoms with Crippen LogP contribution >= 0.6 is 0 Å². The van der Waals surface area contributed by atoms with Crippen LogP contribution in [-0.2, 0) is 19.1 Å². The van der Waals surface area contributed by atoms with Crippen molar-refractivity contribution in [2.75, 3.05) is 13.2 Å². The fourth-order valence-electron chi connectivity index (χ4n) is 2.63. The van der Waals surface area contributed by atoms with Crippen molar-refractivity contribution >= 4 is 11.9 Å². The smallest absolute Gasteiger partial charge is 0.309 e. The molecule has 0 aromatic carbocycles. The summed E-state index contributed by atoms with van der Waals surface area (Å²) in [7, 11) is 0. The van der Waals surface area contributed by atoms with Crippen molar-refractivity contribution in [1.82, 2.24) is 0 Å². The lowest BCUT2D eigenvalue weighted by atomic mass is 9.59. The first-order valence-electron chi connectivity index (χ1n) is 6.88. The van der Waals surface area contributed by atoms with Gasteiger partial charge in [0.05, 0.1) is 19.1 Å². The number of carbonyl (C=O) groups is 2. The summed E-state index contributed by atoms with van der Waals surface area (Å²) in [5, 5.41) is 0. The normalized spacial score (nSPS) is 18.6. The first-order chi connectivity index (χ1) is 8.55. The maximum atomic E-state index is 11.8. The van der Waals surface area contributed by atoms with Crippen molar-refractivity contribution in [3.05, 3.63) is 0 Å². The van der Waals surface area contributed by atoms with Crippen molar-refractivity contribution in [2.45, 2.75) is 52.9 Å². The highest BCUT2D eigenvalue weighted by Gasteiger charge is 2.45. The third-order valence-electron chi connectivity index (χ3n) is 4.04. The Bertz CT molecular complexity index is 294. The Morgan fingerprint density at radius 1 is 1.17 bits per heavy atom. The van der Waals surface area contributed by atoms with Crippen molar-refractivity contribution in [1.29, 1.82) is 0 Å². The van der Waals surface area contributed by atoms with Gasteiger partial charge in [0.25, 0.3) is 0 Å². The van der Waals surface area contributed by atoms with E-state index in [2.05, 4.69) is 0 Å².